The molecule has 1 saturated heterocycles. The van der Waals surface area contributed by atoms with Crippen LogP contribution in [0.5, 0.6) is 0 Å². The Bertz CT molecular complexity index is 687. The Balaban J connectivity index is 0.00000233. The first-order chi connectivity index (χ1) is 15.0. The molecule has 0 aliphatic carbocycles. The highest BCUT2D eigenvalue weighted by Gasteiger charge is 2.24. The third-order valence-corrected chi connectivity index (χ3v) is 5.49. The van der Waals surface area contributed by atoms with Crippen LogP contribution in [0, 0.1) is 0 Å². The summed E-state index contributed by atoms with van der Waals surface area (Å²) in [6.07, 6.45) is 6.59. The summed E-state index contributed by atoms with van der Waals surface area (Å²) in [7, 11) is 1.30. The Morgan fingerprint density at radius 1 is 1.00 bits per heavy atom. The summed E-state index contributed by atoms with van der Waals surface area (Å²) in [6, 6.07) is 8.87. The van der Waals surface area contributed by atoms with Crippen molar-refractivity contribution in [3.63, 3.8) is 0 Å². The number of ether oxygens (including phenoxy) is 3. The number of hydrogen-bond acceptors (Lipinski definition) is 3. The highest BCUT2D eigenvalue weighted by Crippen LogP contribution is 2.29. The van der Waals surface area contributed by atoms with Gasteiger partial charge in [0, 0.05) is 5.92 Å². The summed E-state index contributed by atoms with van der Waals surface area (Å²) < 4.78 is 43.8. The van der Waals surface area contributed by atoms with Crippen LogP contribution in [-0.2, 0) is 20.6 Å². The SMILES string of the molecule is CC.CCCCCc1ccc(C2CCC(CO/C(C)=C(F)/C(F)=C(\C)OC)OC2)cc1. The van der Waals surface area contributed by atoms with Gasteiger partial charge in [-0.05, 0) is 50.7 Å². The minimum Gasteiger partial charge on any atom is -0.498 e. The molecule has 1 aromatic carbocycles. The number of hydrogen-bond donors (Lipinski definition) is 0. The van der Waals surface area contributed by atoms with Crippen LogP contribution in [0.4, 0.5) is 8.78 Å². The number of rotatable bonds is 10. The summed E-state index contributed by atoms with van der Waals surface area (Å²) in [5, 5.41) is 0. The maximum atomic E-state index is 14.0. The first-order valence-electron chi connectivity index (χ1n) is 11.6. The van der Waals surface area contributed by atoms with Gasteiger partial charge >= 0.3 is 0 Å². The Hall–Kier alpha value is -1.88. The van der Waals surface area contributed by atoms with Gasteiger partial charge in [-0.2, -0.15) is 8.78 Å². The van der Waals surface area contributed by atoms with Gasteiger partial charge in [0.15, 0.2) is 11.7 Å². The standard InChI is InChI=1S/C24H34F2O3.C2H6/c1-5-6-7-8-19-9-11-20(12-10-19)21-13-14-22(29-15-21)16-28-18(3)24(26)23(25)17(2)27-4;1-2/h9-12,21-22H,5-8,13-16H2,1-4H3;1-2H3/b23-17-,24-18-;. The van der Waals surface area contributed by atoms with Crippen molar-refractivity contribution in [2.45, 2.75) is 85.2 Å². The molecule has 1 aliphatic heterocycles. The molecule has 0 radical (unpaired) electrons. The van der Waals surface area contributed by atoms with Crippen LogP contribution in [-0.4, -0.2) is 26.4 Å². The molecule has 1 aromatic rings. The second-order valence-electron chi connectivity index (χ2n) is 7.68. The highest BCUT2D eigenvalue weighted by atomic mass is 19.2. The van der Waals surface area contributed by atoms with Gasteiger partial charge in [0.05, 0.1) is 19.8 Å². The fraction of sp³-hybridized carbons (Fsp3) is 0.615. The van der Waals surface area contributed by atoms with Gasteiger partial charge in [-0.25, -0.2) is 0 Å². The van der Waals surface area contributed by atoms with Crippen LogP contribution in [0.1, 0.15) is 83.8 Å². The molecule has 1 heterocycles. The van der Waals surface area contributed by atoms with Crippen molar-refractivity contribution in [3.05, 3.63) is 58.6 Å². The van der Waals surface area contributed by atoms with Crippen molar-refractivity contribution in [1.29, 1.82) is 0 Å². The second-order valence-corrected chi connectivity index (χ2v) is 7.68. The van der Waals surface area contributed by atoms with E-state index in [0.29, 0.717) is 12.5 Å². The van der Waals surface area contributed by atoms with Crippen LogP contribution in [0.25, 0.3) is 0 Å². The maximum absolute atomic E-state index is 14.0. The molecule has 31 heavy (non-hydrogen) atoms. The van der Waals surface area contributed by atoms with E-state index in [1.165, 1.54) is 51.3 Å². The van der Waals surface area contributed by atoms with E-state index >= 15 is 0 Å². The lowest BCUT2D eigenvalue weighted by Crippen LogP contribution is -2.28. The number of allylic oxidation sites excluding steroid dienone is 4. The number of benzene rings is 1. The van der Waals surface area contributed by atoms with E-state index in [9.17, 15) is 8.78 Å². The molecule has 5 heteroatoms. The largest absolute Gasteiger partial charge is 0.498 e. The molecule has 2 atom stereocenters. The topological polar surface area (TPSA) is 27.7 Å². The van der Waals surface area contributed by atoms with Crippen LogP contribution >= 0.6 is 0 Å². The molecule has 0 bridgehead atoms. The first kappa shape index (κ1) is 27.2. The Kier molecular flexibility index (Phi) is 13.1. The van der Waals surface area contributed by atoms with E-state index in [1.807, 2.05) is 13.8 Å². The Labute approximate surface area is 187 Å². The van der Waals surface area contributed by atoms with Crippen molar-refractivity contribution in [1.82, 2.24) is 0 Å². The lowest BCUT2D eigenvalue weighted by Gasteiger charge is -2.29. The van der Waals surface area contributed by atoms with Crippen molar-refractivity contribution < 1.29 is 23.0 Å². The van der Waals surface area contributed by atoms with Crippen LogP contribution < -0.4 is 0 Å². The van der Waals surface area contributed by atoms with Gasteiger partial charge in [-0.1, -0.05) is 57.9 Å². The van der Waals surface area contributed by atoms with Crippen molar-refractivity contribution in [2.24, 2.45) is 0 Å². The van der Waals surface area contributed by atoms with Gasteiger partial charge in [0.25, 0.3) is 0 Å². The molecule has 2 unspecified atom stereocenters. The minimum atomic E-state index is -1.03. The molecule has 0 aromatic heterocycles. The quantitative estimate of drug-likeness (QED) is 0.212. The van der Waals surface area contributed by atoms with Crippen LogP contribution in [0.15, 0.2) is 47.4 Å². The third-order valence-electron chi connectivity index (χ3n) is 5.49. The van der Waals surface area contributed by atoms with E-state index in [2.05, 4.69) is 31.2 Å². The van der Waals surface area contributed by atoms with Crippen LogP contribution in [0.2, 0.25) is 0 Å². The second kappa shape index (κ2) is 15.0. The summed E-state index contributed by atoms with van der Waals surface area (Å²) in [5.74, 6) is -1.90. The van der Waals surface area contributed by atoms with Gasteiger partial charge in [0.1, 0.15) is 18.1 Å². The normalized spacial score (nSPS) is 20.1. The van der Waals surface area contributed by atoms with Gasteiger partial charge in [-0.3, -0.25) is 0 Å². The van der Waals surface area contributed by atoms with Crippen LogP contribution in [0.3, 0.4) is 0 Å². The van der Waals surface area contributed by atoms with E-state index in [0.717, 1.165) is 19.3 Å². The van der Waals surface area contributed by atoms with Crippen molar-refractivity contribution in [3.8, 4) is 0 Å². The minimum absolute atomic E-state index is 0.0942. The molecule has 0 amide bonds. The number of unbranched alkanes of at least 4 members (excludes halogenated alkanes) is 2. The lowest BCUT2D eigenvalue weighted by molar-refractivity contribution is -0.0354. The smallest absolute Gasteiger partial charge is 0.199 e. The van der Waals surface area contributed by atoms with Gasteiger partial charge in [-0.15, -0.1) is 0 Å². The molecular formula is C26H40F2O3. The fourth-order valence-electron chi connectivity index (χ4n) is 3.42. The summed E-state index contributed by atoms with van der Waals surface area (Å²) in [5.41, 5.74) is 2.69. The molecule has 2 rings (SSSR count). The lowest BCUT2D eigenvalue weighted by atomic mass is 9.90. The first-order valence-corrected chi connectivity index (χ1v) is 11.6. The average molecular weight is 439 g/mol. The highest BCUT2D eigenvalue weighted by molar-refractivity contribution is 5.26. The molecule has 0 N–H and O–H groups in total. The molecule has 0 spiro atoms. The fourth-order valence-corrected chi connectivity index (χ4v) is 3.42. The molecule has 176 valence electrons. The van der Waals surface area contributed by atoms with E-state index in [1.54, 1.807) is 0 Å². The van der Waals surface area contributed by atoms with Gasteiger partial charge < -0.3 is 14.2 Å². The van der Waals surface area contributed by atoms with E-state index in [4.69, 9.17) is 14.2 Å². The number of aryl methyl sites for hydroxylation is 1. The zero-order valence-corrected chi connectivity index (χ0v) is 20.1. The Morgan fingerprint density at radius 2 is 1.65 bits per heavy atom. The van der Waals surface area contributed by atoms with Crippen molar-refractivity contribution >= 4 is 0 Å². The molecular weight excluding hydrogens is 398 g/mol. The van der Waals surface area contributed by atoms with Gasteiger partial charge in [0.2, 0.25) is 0 Å². The third kappa shape index (κ3) is 9.02. The molecule has 3 nitrogen and oxygen atoms in total. The van der Waals surface area contributed by atoms with E-state index in [-0.39, 0.29) is 24.2 Å². The zero-order chi connectivity index (χ0) is 23.2. The number of halogens is 2. The van der Waals surface area contributed by atoms with E-state index < -0.39 is 11.7 Å². The maximum Gasteiger partial charge on any atom is 0.199 e. The molecule has 1 aliphatic rings. The monoisotopic (exact) mass is 438 g/mol. The number of methoxy groups -OCH3 is 1. The summed E-state index contributed by atoms with van der Waals surface area (Å²) in [6.45, 7) is 9.82. The summed E-state index contributed by atoms with van der Waals surface area (Å²) >= 11 is 0. The molecule has 1 fully saturated rings. The molecule has 0 saturated carbocycles. The Morgan fingerprint density at radius 3 is 2.19 bits per heavy atom. The van der Waals surface area contributed by atoms with Crippen molar-refractivity contribution in [2.75, 3.05) is 20.3 Å². The predicted molar refractivity (Wildman–Crippen MR) is 123 cm³/mol. The predicted octanol–water partition coefficient (Wildman–Crippen LogP) is 7.77. The zero-order valence-electron chi connectivity index (χ0n) is 20.1. The average Bonchev–Trinajstić information content (AvgIpc) is 2.83. The summed E-state index contributed by atoms with van der Waals surface area (Å²) in [4.78, 5) is 0.